The first-order chi connectivity index (χ1) is 5.70. The first kappa shape index (κ1) is 8.01. The van der Waals surface area contributed by atoms with E-state index in [1.165, 1.54) is 11.3 Å². The van der Waals surface area contributed by atoms with Gasteiger partial charge in [0, 0.05) is 23.1 Å². The van der Waals surface area contributed by atoms with Crippen molar-refractivity contribution in [3.8, 4) is 0 Å². The smallest absolute Gasteiger partial charge is 0.268 e. The zero-order valence-electron chi connectivity index (χ0n) is 6.37. The van der Waals surface area contributed by atoms with Crippen LogP contribution >= 0.6 is 27.3 Å². The van der Waals surface area contributed by atoms with Crippen molar-refractivity contribution in [2.45, 2.75) is 0 Å². The molecule has 0 saturated carbocycles. The van der Waals surface area contributed by atoms with E-state index in [1.54, 1.807) is 17.8 Å². The van der Waals surface area contributed by atoms with Gasteiger partial charge in [0.2, 0.25) is 0 Å². The van der Waals surface area contributed by atoms with Gasteiger partial charge in [-0.1, -0.05) is 0 Å². The largest absolute Gasteiger partial charge is 0.316 e. The molecule has 62 valence electrons. The summed E-state index contributed by atoms with van der Waals surface area (Å²) in [5.41, 5.74) is 0.0724. The van der Waals surface area contributed by atoms with Gasteiger partial charge in [-0.3, -0.25) is 4.79 Å². The molecule has 2 nitrogen and oxygen atoms in total. The Kier molecular flexibility index (Phi) is 1.81. The zero-order chi connectivity index (χ0) is 8.72. The second-order valence-corrected chi connectivity index (χ2v) is 4.33. The minimum atomic E-state index is 0.0724. The average molecular weight is 244 g/mol. The lowest BCUT2D eigenvalue weighted by atomic mass is 10.3. The zero-order valence-corrected chi connectivity index (χ0v) is 8.78. The van der Waals surface area contributed by atoms with Gasteiger partial charge in [0.25, 0.3) is 5.56 Å². The van der Waals surface area contributed by atoms with Gasteiger partial charge in [0.1, 0.15) is 4.70 Å². The quantitative estimate of drug-likeness (QED) is 0.697. The molecule has 4 heteroatoms. The molecule has 0 N–H and O–H groups in total. The van der Waals surface area contributed by atoms with Crippen LogP contribution < -0.4 is 5.56 Å². The molecule has 0 bridgehead atoms. The summed E-state index contributed by atoms with van der Waals surface area (Å²) < 4.78 is 3.37. The van der Waals surface area contributed by atoms with Crippen LogP contribution in [-0.2, 0) is 7.05 Å². The van der Waals surface area contributed by atoms with Crippen molar-refractivity contribution in [1.82, 2.24) is 4.57 Å². The van der Waals surface area contributed by atoms with Gasteiger partial charge in [-0.15, -0.1) is 11.3 Å². The molecule has 0 fully saturated rings. The summed E-state index contributed by atoms with van der Waals surface area (Å²) in [6, 6.07) is 1.95. The SMILES string of the molecule is Cn1cc(Br)c2ccsc2c1=O. The van der Waals surface area contributed by atoms with E-state index in [9.17, 15) is 4.79 Å². The number of thiophene rings is 1. The van der Waals surface area contributed by atoms with E-state index < -0.39 is 0 Å². The van der Waals surface area contributed by atoms with Crippen LogP contribution in [0.2, 0.25) is 0 Å². The lowest BCUT2D eigenvalue weighted by molar-refractivity contribution is 0.871. The monoisotopic (exact) mass is 243 g/mol. The van der Waals surface area contributed by atoms with Crippen molar-refractivity contribution >= 4 is 37.4 Å². The molecule has 0 aliphatic carbocycles. The van der Waals surface area contributed by atoms with E-state index in [-0.39, 0.29) is 5.56 Å². The van der Waals surface area contributed by atoms with E-state index in [2.05, 4.69) is 15.9 Å². The number of fused-ring (bicyclic) bond motifs is 1. The van der Waals surface area contributed by atoms with Crippen molar-refractivity contribution in [3.63, 3.8) is 0 Å². The number of hydrogen-bond acceptors (Lipinski definition) is 2. The van der Waals surface area contributed by atoms with Gasteiger partial charge < -0.3 is 4.57 Å². The number of aromatic nitrogens is 1. The van der Waals surface area contributed by atoms with E-state index in [0.29, 0.717) is 0 Å². The maximum absolute atomic E-state index is 11.5. The molecule has 0 amide bonds. The summed E-state index contributed by atoms with van der Waals surface area (Å²) in [5.74, 6) is 0. The second kappa shape index (κ2) is 2.71. The summed E-state index contributed by atoms with van der Waals surface area (Å²) in [5, 5.41) is 2.93. The molecule has 0 aromatic carbocycles. The Labute approximate surface area is 81.6 Å². The lowest BCUT2D eigenvalue weighted by Crippen LogP contribution is -2.14. The normalized spacial score (nSPS) is 10.8. The van der Waals surface area contributed by atoms with Crippen molar-refractivity contribution in [2.75, 3.05) is 0 Å². The predicted octanol–water partition coefficient (Wildman–Crippen LogP) is 2.36. The minimum absolute atomic E-state index is 0.0724. The molecule has 0 aliphatic rings. The van der Waals surface area contributed by atoms with Crippen molar-refractivity contribution < 1.29 is 0 Å². The van der Waals surface area contributed by atoms with Gasteiger partial charge in [-0.2, -0.15) is 0 Å². The van der Waals surface area contributed by atoms with Crippen molar-refractivity contribution in [1.29, 1.82) is 0 Å². The molecular weight excluding hydrogens is 238 g/mol. The van der Waals surface area contributed by atoms with Crippen LogP contribution in [0, 0.1) is 0 Å². The molecule has 2 heterocycles. The van der Waals surface area contributed by atoms with Gasteiger partial charge in [0.15, 0.2) is 0 Å². The van der Waals surface area contributed by atoms with Crippen molar-refractivity contribution in [2.24, 2.45) is 7.05 Å². The van der Waals surface area contributed by atoms with Gasteiger partial charge >= 0.3 is 0 Å². The third kappa shape index (κ3) is 1.03. The molecule has 0 saturated heterocycles. The molecule has 0 radical (unpaired) electrons. The van der Waals surface area contributed by atoms with E-state index in [1.807, 2.05) is 11.4 Å². The van der Waals surface area contributed by atoms with Crippen LogP contribution in [0.25, 0.3) is 10.1 Å². The molecule has 2 rings (SSSR count). The summed E-state index contributed by atoms with van der Waals surface area (Å²) in [6.45, 7) is 0. The highest BCUT2D eigenvalue weighted by Crippen LogP contribution is 2.24. The van der Waals surface area contributed by atoms with Crippen LogP contribution in [0.3, 0.4) is 0 Å². The predicted molar refractivity (Wildman–Crippen MR) is 54.8 cm³/mol. The number of nitrogens with zero attached hydrogens (tertiary/aromatic N) is 1. The van der Waals surface area contributed by atoms with Crippen LogP contribution in [0.4, 0.5) is 0 Å². The van der Waals surface area contributed by atoms with Crippen LogP contribution in [0.1, 0.15) is 0 Å². The summed E-state index contributed by atoms with van der Waals surface area (Å²) >= 11 is 4.89. The fourth-order valence-electron chi connectivity index (χ4n) is 1.12. The summed E-state index contributed by atoms with van der Waals surface area (Å²) in [6.07, 6.45) is 1.79. The highest BCUT2D eigenvalue weighted by Gasteiger charge is 2.04. The van der Waals surface area contributed by atoms with Crippen LogP contribution in [-0.4, -0.2) is 4.57 Å². The number of aryl methyl sites for hydroxylation is 1. The Morgan fingerprint density at radius 1 is 1.58 bits per heavy atom. The third-order valence-corrected chi connectivity index (χ3v) is 3.28. The fourth-order valence-corrected chi connectivity index (χ4v) is 2.78. The van der Waals surface area contributed by atoms with Gasteiger partial charge in [-0.05, 0) is 27.4 Å². The van der Waals surface area contributed by atoms with Crippen LogP contribution in [0.15, 0.2) is 26.9 Å². The molecule has 0 spiro atoms. The topological polar surface area (TPSA) is 22.0 Å². The Morgan fingerprint density at radius 2 is 2.33 bits per heavy atom. The molecule has 12 heavy (non-hydrogen) atoms. The maximum Gasteiger partial charge on any atom is 0.268 e. The van der Waals surface area contributed by atoms with E-state index in [0.717, 1.165) is 14.6 Å². The maximum atomic E-state index is 11.5. The number of rotatable bonds is 0. The Hall–Kier alpha value is -0.610. The summed E-state index contributed by atoms with van der Waals surface area (Å²) in [4.78, 5) is 11.5. The van der Waals surface area contributed by atoms with E-state index >= 15 is 0 Å². The highest BCUT2D eigenvalue weighted by atomic mass is 79.9. The molecular formula is C8H6BrNOS. The molecule has 0 atom stereocenters. The first-order valence-corrected chi connectivity index (χ1v) is 5.10. The highest BCUT2D eigenvalue weighted by molar-refractivity contribution is 9.10. The lowest BCUT2D eigenvalue weighted by Gasteiger charge is -1.98. The second-order valence-electron chi connectivity index (χ2n) is 2.56. The standard InChI is InChI=1S/C8H6BrNOS/c1-10-4-6(9)5-2-3-12-7(5)8(10)11/h2-4H,1H3. The van der Waals surface area contributed by atoms with Gasteiger partial charge in [0.05, 0.1) is 0 Å². The Balaban J connectivity index is 3.07. The van der Waals surface area contributed by atoms with Crippen molar-refractivity contribution in [3.05, 3.63) is 32.5 Å². The van der Waals surface area contributed by atoms with Crippen LogP contribution in [0.5, 0.6) is 0 Å². The van der Waals surface area contributed by atoms with Gasteiger partial charge in [-0.25, -0.2) is 0 Å². The summed E-state index contributed by atoms with van der Waals surface area (Å²) in [7, 11) is 1.76. The van der Waals surface area contributed by atoms with E-state index in [4.69, 9.17) is 0 Å². The number of hydrogen-bond donors (Lipinski definition) is 0. The molecule has 2 aromatic heterocycles. The minimum Gasteiger partial charge on any atom is -0.316 e. The first-order valence-electron chi connectivity index (χ1n) is 3.42. The Bertz CT molecular complexity index is 485. The molecule has 0 aliphatic heterocycles. The number of pyridine rings is 1. The Morgan fingerprint density at radius 3 is 3.08 bits per heavy atom. The average Bonchev–Trinajstić information content (AvgIpc) is 2.48. The fraction of sp³-hybridized carbons (Fsp3) is 0.125. The molecule has 0 unspecified atom stereocenters. The molecule has 2 aromatic rings. The third-order valence-electron chi connectivity index (χ3n) is 1.74. The number of halogens is 1.